The Morgan fingerprint density at radius 1 is 1.42 bits per heavy atom. The van der Waals surface area contributed by atoms with E-state index in [9.17, 15) is 4.79 Å². The van der Waals surface area contributed by atoms with Crippen molar-refractivity contribution in [1.29, 1.82) is 0 Å². The molecule has 1 amide bonds. The number of carbonyl (C=O) groups is 1. The average molecular weight is 283 g/mol. The van der Waals surface area contributed by atoms with E-state index in [1.54, 1.807) is 0 Å². The topological polar surface area (TPSA) is 46.3 Å². The highest BCUT2D eigenvalue weighted by molar-refractivity contribution is 5.85. The molecule has 1 aliphatic rings. The molecule has 1 aliphatic heterocycles. The summed E-state index contributed by atoms with van der Waals surface area (Å²) in [5, 5.41) is 0. The number of hydrogen-bond donors (Lipinski definition) is 1. The van der Waals surface area contributed by atoms with Crippen LogP contribution in [0.3, 0.4) is 0 Å². The van der Waals surface area contributed by atoms with E-state index in [2.05, 4.69) is 0 Å². The van der Waals surface area contributed by atoms with Crippen LogP contribution < -0.4 is 5.73 Å². The minimum Gasteiger partial charge on any atom is -0.342 e. The smallest absolute Gasteiger partial charge is 0.226 e. The Kier molecular flexibility index (Phi) is 6.32. The van der Waals surface area contributed by atoms with Crippen molar-refractivity contribution in [2.45, 2.75) is 32.2 Å². The lowest BCUT2D eigenvalue weighted by Crippen LogP contribution is -2.45. The van der Waals surface area contributed by atoms with Crippen molar-refractivity contribution in [3.05, 3.63) is 35.9 Å². The molecule has 3 nitrogen and oxygen atoms in total. The van der Waals surface area contributed by atoms with Crippen molar-refractivity contribution in [2.75, 3.05) is 13.1 Å². The van der Waals surface area contributed by atoms with Crippen LogP contribution in [0.25, 0.3) is 0 Å². The van der Waals surface area contributed by atoms with Crippen molar-refractivity contribution < 1.29 is 4.79 Å². The molecule has 0 saturated carbocycles. The number of amides is 1. The van der Waals surface area contributed by atoms with Gasteiger partial charge in [0.2, 0.25) is 5.91 Å². The predicted octanol–water partition coefficient (Wildman–Crippen LogP) is 2.24. The van der Waals surface area contributed by atoms with Crippen molar-refractivity contribution in [1.82, 2.24) is 4.90 Å². The quantitative estimate of drug-likeness (QED) is 0.924. The SMILES string of the molecule is CC(N)C1CCCN(C(=O)Cc2ccccc2)C1.Cl. The fourth-order valence-electron chi connectivity index (χ4n) is 2.55. The van der Waals surface area contributed by atoms with Gasteiger partial charge >= 0.3 is 0 Å². The van der Waals surface area contributed by atoms with Gasteiger partial charge in [-0.3, -0.25) is 4.79 Å². The van der Waals surface area contributed by atoms with Crippen LogP contribution in [-0.2, 0) is 11.2 Å². The third kappa shape index (κ3) is 4.51. The number of rotatable bonds is 3. The van der Waals surface area contributed by atoms with Crippen LogP contribution >= 0.6 is 12.4 Å². The first kappa shape index (κ1) is 16.0. The van der Waals surface area contributed by atoms with Crippen molar-refractivity contribution in [3.8, 4) is 0 Å². The lowest BCUT2D eigenvalue weighted by Gasteiger charge is -2.34. The van der Waals surface area contributed by atoms with Crippen LogP contribution in [0.15, 0.2) is 30.3 Å². The Hall–Kier alpha value is -1.06. The van der Waals surface area contributed by atoms with E-state index in [0.29, 0.717) is 12.3 Å². The summed E-state index contributed by atoms with van der Waals surface area (Å²) in [6, 6.07) is 10.1. The van der Waals surface area contributed by atoms with E-state index in [-0.39, 0.29) is 24.4 Å². The number of halogens is 1. The molecule has 0 aliphatic carbocycles. The number of nitrogens with two attached hydrogens (primary N) is 1. The van der Waals surface area contributed by atoms with Gasteiger partial charge in [-0.05, 0) is 31.2 Å². The Labute approximate surface area is 121 Å². The molecule has 1 aromatic carbocycles. The highest BCUT2D eigenvalue weighted by atomic mass is 35.5. The molecule has 2 unspecified atom stereocenters. The average Bonchev–Trinajstić information content (AvgIpc) is 2.40. The van der Waals surface area contributed by atoms with Gasteiger partial charge in [-0.1, -0.05) is 30.3 Å². The first-order valence-corrected chi connectivity index (χ1v) is 6.74. The third-order valence-electron chi connectivity index (χ3n) is 3.75. The molecule has 1 fully saturated rings. The normalized spacial score (nSPS) is 20.5. The molecule has 106 valence electrons. The maximum atomic E-state index is 12.2. The molecule has 1 saturated heterocycles. The van der Waals surface area contributed by atoms with Crippen molar-refractivity contribution in [2.24, 2.45) is 11.7 Å². The van der Waals surface area contributed by atoms with Gasteiger partial charge in [0.05, 0.1) is 6.42 Å². The van der Waals surface area contributed by atoms with E-state index in [4.69, 9.17) is 5.73 Å². The molecule has 2 rings (SSSR count). The standard InChI is InChI=1S/C15H22N2O.ClH/c1-12(16)14-8-5-9-17(11-14)15(18)10-13-6-3-2-4-7-13;/h2-4,6-7,12,14H,5,8-11,16H2,1H3;1H. The molecule has 0 spiro atoms. The fraction of sp³-hybridized carbons (Fsp3) is 0.533. The minimum absolute atomic E-state index is 0. The predicted molar refractivity (Wildman–Crippen MR) is 80.3 cm³/mol. The number of carbonyl (C=O) groups excluding carboxylic acids is 1. The Balaban J connectivity index is 0.00000180. The molecule has 1 aromatic rings. The molecular formula is C15H23ClN2O. The summed E-state index contributed by atoms with van der Waals surface area (Å²) >= 11 is 0. The molecule has 0 aromatic heterocycles. The Bertz CT molecular complexity index is 394. The Morgan fingerprint density at radius 3 is 2.74 bits per heavy atom. The maximum absolute atomic E-state index is 12.2. The summed E-state index contributed by atoms with van der Waals surface area (Å²) in [5.41, 5.74) is 7.03. The summed E-state index contributed by atoms with van der Waals surface area (Å²) in [6.45, 7) is 3.74. The van der Waals surface area contributed by atoms with Crippen LogP contribution in [0.2, 0.25) is 0 Å². The lowest BCUT2D eigenvalue weighted by molar-refractivity contribution is -0.132. The molecular weight excluding hydrogens is 260 g/mol. The van der Waals surface area contributed by atoms with E-state index in [0.717, 1.165) is 31.5 Å². The highest BCUT2D eigenvalue weighted by Gasteiger charge is 2.25. The monoisotopic (exact) mass is 282 g/mol. The number of likely N-dealkylation sites (tertiary alicyclic amines) is 1. The van der Waals surface area contributed by atoms with Gasteiger partial charge in [0.15, 0.2) is 0 Å². The zero-order valence-electron chi connectivity index (χ0n) is 11.4. The zero-order valence-corrected chi connectivity index (χ0v) is 12.2. The lowest BCUT2D eigenvalue weighted by atomic mass is 9.92. The van der Waals surface area contributed by atoms with E-state index < -0.39 is 0 Å². The second-order valence-electron chi connectivity index (χ2n) is 5.26. The highest BCUT2D eigenvalue weighted by Crippen LogP contribution is 2.19. The second kappa shape index (κ2) is 7.51. The zero-order chi connectivity index (χ0) is 13.0. The van der Waals surface area contributed by atoms with Gasteiger partial charge in [-0.15, -0.1) is 12.4 Å². The van der Waals surface area contributed by atoms with Crippen LogP contribution in [0.1, 0.15) is 25.3 Å². The van der Waals surface area contributed by atoms with Crippen LogP contribution in [0.4, 0.5) is 0 Å². The molecule has 2 N–H and O–H groups in total. The summed E-state index contributed by atoms with van der Waals surface area (Å²) in [6.07, 6.45) is 2.73. The molecule has 0 bridgehead atoms. The summed E-state index contributed by atoms with van der Waals surface area (Å²) in [5.74, 6) is 0.685. The fourth-order valence-corrected chi connectivity index (χ4v) is 2.55. The van der Waals surface area contributed by atoms with Crippen molar-refractivity contribution in [3.63, 3.8) is 0 Å². The molecule has 0 radical (unpaired) electrons. The van der Waals surface area contributed by atoms with E-state index >= 15 is 0 Å². The summed E-state index contributed by atoms with van der Waals surface area (Å²) < 4.78 is 0. The van der Waals surface area contributed by atoms with Crippen LogP contribution in [-0.4, -0.2) is 29.9 Å². The third-order valence-corrected chi connectivity index (χ3v) is 3.75. The molecule has 1 heterocycles. The molecule has 2 atom stereocenters. The number of piperidine rings is 1. The van der Waals surface area contributed by atoms with Crippen LogP contribution in [0, 0.1) is 5.92 Å². The van der Waals surface area contributed by atoms with Gasteiger partial charge in [-0.25, -0.2) is 0 Å². The van der Waals surface area contributed by atoms with E-state index in [1.165, 1.54) is 0 Å². The summed E-state index contributed by atoms with van der Waals surface area (Å²) in [4.78, 5) is 14.2. The molecule has 4 heteroatoms. The van der Waals surface area contributed by atoms with Gasteiger partial charge in [0, 0.05) is 19.1 Å². The number of benzene rings is 1. The van der Waals surface area contributed by atoms with Gasteiger partial charge in [0.25, 0.3) is 0 Å². The maximum Gasteiger partial charge on any atom is 0.226 e. The number of hydrogen-bond acceptors (Lipinski definition) is 2. The van der Waals surface area contributed by atoms with Gasteiger partial charge in [0.1, 0.15) is 0 Å². The van der Waals surface area contributed by atoms with E-state index in [1.807, 2.05) is 42.2 Å². The van der Waals surface area contributed by atoms with Crippen molar-refractivity contribution >= 4 is 18.3 Å². The minimum atomic E-state index is 0. The first-order valence-electron chi connectivity index (χ1n) is 6.74. The first-order chi connectivity index (χ1) is 8.66. The van der Waals surface area contributed by atoms with Gasteiger partial charge < -0.3 is 10.6 Å². The summed E-state index contributed by atoms with van der Waals surface area (Å²) in [7, 11) is 0. The second-order valence-corrected chi connectivity index (χ2v) is 5.26. The largest absolute Gasteiger partial charge is 0.342 e. The van der Waals surface area contributed by atoms with Gasteiger partial charge in [-0.2, -0.15) is 0 Å². The van der Waals surface area contributed by atoms with Crippen LogP contribution in [0.5, 0.6) is 0 Å². The molecule has 19 heavy (non-hydrogen) atoms. The number of nitrogens with zero attached hydrogens (tertiary/aromatic N) is 1. The Morgan fingerprint density at radius 2 is 2.11 bits per heavy atom.